The van der Waals surface area contributed by atoms with Crippen LogP contribution in [-0.2, 0) is 14.8 Å². The first-order valence-corrected chi connectivity index (χ1v) is 9.86. The first-order valence-electron chi connectivity index (χ1n) is 8.36. The number of piperidine rings is 1. The Morgan fingerprint density at radius 2 is 1.96 bits per heavy atom. The monoisotopic (exact) mass is 356 g/mol. The summed E-state index contributed by atoms with van der Waals surface area (Å²) in [5.41, 5.74) is 0.592. The molecule has 3 rings (SSSR count). The molecular weight excluding hydrogens is 331 g/mol. The number of ether oxygens (including phenoxy) is 1. The number of sulfonamides is 1. The SMILES string of the molecule is COC1CN(c2cccc(F)c2)C12CCN(S(=O)(=O)C(C)C)CC2. The highest BCUT2D eigenvalue weighted by Gasteiger charge is 2.55. The molecule has 5 nitrogen and oxygen atoms in total. The number of anilines is 1. The van der Waals surface area contributed by atoms with Gasteiger partial charge in [0.2, 0.25) is 10.0 Å². The van der Waals surface area contributed by atoms with Crippen LogP contribution < -0.4 is 4.90 Å². The number of halogens is 1. The fraction of sp³-hybridized carbons (Fsp3) is 0.647. The van der Waals surface area contributed by atoms with Crippen molar-refractivity contribution in [3.05, 3.63) is 30.1 Å². The summed E-state index contributed by atoms with van der Waals surface area (Å²) in [5, 5.41) is -0.412. The zero-order valence-corrected chi connectivity index (χ0v) is 15.2. The van der Waals surface area contributed by atoms with E-state index in [9.17, 15) is 12.8 Å². The summed E-state index contributed by atoms with van der Waals surface area (Å²) in [6.07, 6.45) is 1.42. The van der Waals surface area contributed by atoms with E-state index in [-0.39, 0.29) is 17.5 Å². The van der Waals surface area contributed by atoms with Crippen LogP contribution in [0.25, 0.3) is 0 Å². The Balaban J connectivity index is 1.81. The average Bonchev–Trinajstić information content (AvgIpc) is 2.54. The number of methoxy groups -OCH3 is 1. The van der Waals surface area contributed by atoms with Crippen molar-refractivity contribution in [3.8, 4) is 0 Å². The van der Waals surface area contributed by atoms with Gasteiger partial charge in [-0.05, 0) is 44.9 Å². The van der Waals surface area contributed by atoms with E-state index in [1.807, 2.05) is 6.07 Å². The van der Waals surface area contributed by atoms with Crippen LogP contribution in [0, 0.1) is 5.82 Å². The van der Waals surface area contributed by atoms with Gasteiger partial charge in [-0.3, -0.25) is 0 Å². The van der Waals surface area contributed by atoms with E-state index >= 15 is 0 Å². The third kappa shape index (κ3) is 2.72. The summed E-state index contributed by atoms with van der Waals surface area (Å²) in [7, 11) is -1.55. The van der Waals surface area contributed by atoms with Gasteiger partial charge in [0.15, 0.2) is 0 Å². The zero-order chi connectivity index (χ0) is 17.5. The van der Waals surface area contributed by atoms with Gasteiger partial charge in [-0.15, -0.1) is 0 Å². The van der Waals surface area contributed by atoms with Gasteiger partial charge in [0, 0.05) is 32.4 Å². The van der Waals surface area contributed by atoms with Crippen LogP contribution in [0.4, 0.5) is 10.1 Å². The smallest absolute Gasteiger partial charge is 0.216 e. The van der Waals surface area contributed by atoms with E-state index in [0.29, 0.717) is 32.5 Å². The van der Waals surface area contributed by atoms with Crippen LogP contribution in [0.1, 0.15) is 26.7 Å². The molecule has 2 saturated heterocycles. The quantitative estimate of drug-likeness (QED) is 0.830. The standard InChI is InChI=1S/C17H25FN2O3S/c1-13(2)24(21,22)19-9-7-17(8-10-19)16(23-3)12-20(17)15-6-4-5-14(18)11-15/h4-6,11,13,16H,7-10,12H2,1-3H3. The Bertz CT molecular complexity index is 700. The molecule has 24 heavy (non-hydrogen) atoms. The second-order valence-corrected chi connectivity index (χ2v) is 9.40. The van der Waals surface area contributed by atoms with Gasteiger partial charge < -0.3 is 9.64 Å². The van der Waals surface area contributed by atoms with Crippen molar-refractivity contribution in [2.45, 2.75) is 43.6 Å². The molecule has 0 aromatic heterocycles. The largest absolute Gasteiger partial charge is 0.377 e. The minimum absolute atomic E-state index is 0.0460. The van der Waals surface area contributed by atoms with Crippen LogP contribution in [0.15, 0.2) is 24.3 Å². The summed E-state index contributed by atoms with van der Waals surface area (Å²) >= 11 is 0. The van der Waals surface area contributed by atoms with Crippen LogP contribution in [0.2, 0.25) is 0 Å². The molecule has 0 saturated carbocycles. The van der Waals surface area contributed by atoms with Crippen LogP contribution in [0.5, 0.6) is 0 Å². The maximum atomic E-state index is 13.6. The molecule has 0 bridgehead atoms. The average molecular weight is 356 g/mol. The molecule has 2 fully saturated rings. The number of benzene rings is 1. The summed E-state index contributed by atoms with van der Waals surface area (Å²) in [6.45, 7) is 5.08. The molecule has 0 amide bonds. The minimum Gasteiger partial charge on any atom is -0.377 e. The molecule has 2 aliphatic heterocycles. The molecule has 1 unspecified atom stereocenters. The highest BCUT2D eigenvalue weighted by atomic mass is 32.2. The van der Waals surface area contributed by atoms with Crippen LogP contribution in [-0.4, -0.2) is 56.4 Å². The highest BCUT2D eigenvalue weighted by molar-refractivity contribution is 7.89. The molecule has 2 aliphatic rings. The number of hydrogen-bond acceptors (Lipinski definition) is 4. The molecule has 1 aromatic carbocycles. The molecule has 2 heterocycles. The van der Waals surface area contributed by atoms with E-state index in [1.165, 1.54) is 12.1 Å². The molecule has 1 aromatic rings. The third-order valence-electron chi connectivity index (χ3n) is 5.43. The lowest BCUT2D eigenvalue weighted by molar-refractivity contribution is -0.0384. The fourth-order valence-corrected chi connectivity index (χ4v) is 5.19. The zero-order valence-electron chi connectivity index (χ0n) is 14.4. The van der Waals surface area contributed by atoms with Gasteiger partial charge in [-0.25, -0.2) is 17.1 Å². The van der Waals surface area contributed by atoms with Crippen molar-refractivity contribution in [2.75, 3.05) is 31.6 Å². The molecule has 0 aliphatic carbocycles. The topological polar surface area (TPSA) is 49.9 Å². The Morgan fingerprint density at radius 1 is 1.29 bits per heavy atom. The molecule has 1 atom stereocenters. The van der Waals surface area contributed by atoms with Crippen molar-refractivity contribution in [1.29, 1.82) is 0 Å². The van der Waals surface area contributed by atoms with Gasteiger partial charge in [-0.1, -0.05) is 6.07 Å². The lowest BCUT2D eigenvalue weighted by atomic mass is 9.73. The summed E-state index contributed by atoms with van der Waals surface area (Å²) in [5.74, 6) is -0.261. The van der Waals surface area contributed by atoms with Gasteiger partial charge in [0.25, 0.3) is 0 Å². The van der Waals surface area contributed by atoms with E-state index in [0.717, 1.165) is 5.69 Å². The van der Waals surface area contributed by atoms with Gasteiger partial charge in [0.1, 0.15) is 5.82 Å². The lowest BCUT2D eigenvalue weighted by Gasteiger charge is -2.61. The number of hydrogen-bond donors (Lipinski definition) is 0. The first-order chi connectivity index (χ1) is 11.3. The van der Waals surface area contributed by atoms with E-state index in [4.69, 9.17) is 4.74 Å². The van der Waals surface area contributed by atoms with Crippen molar-refractivity contribution < 1.29 is 17.5 Å². The first kappa shape index (κ1) is 17.6. The minimum atomic E-state index is -3.23. The molecule has 1 spiro atoms. The highest BCUT2D eigenvalue weighted by Crippen LogP contribution is 2.45. The van der Waals surface area contributed by atoms with Crippen molar-refractivity contribution >= 4 is 15.7 Å². The summed E-state index contributed by atoms with van der Waals surface area (Å²) in [4.78, 5) is 2.17. The maximum Gasteiger partial charge on any atom is 0.216 e. The van der Waals surface area contributed by atoms with E-state index < -0.39 is 15.3 Å². The molecule has 134 valence electrons. The van der Waals surface area contributed by atoms with Crippen molar-refractivity contribution in [2.24, 2.45) is 0 Å². The predicted molar refractivity (Wildman–Crippen MR) is 92.1 cm³/mol. The van der Waals surface area contributed by atoms with Crippen LogP contribution in [0.3, 0.4) is 0 Å². The second-order valence-electron chi connectivity index (χ2n) is 6.91. The van der Waals surface area contributed by atoms with E-state index in [1.54, 1.807) is 31.3 Å². The number of rotatable bonds is 4. The molecule has 7 heteroatoms. The Hall–Kier alpha value is -1.18. The fourth-order valence-electron chi connectivity index (χ4n) is 3.90. The normalized spacial score (nSPS) is 24.4. The van der Waals surface area contributed by atoms with Gasteiger partial charge >= 0.3 is 0 Å². The lowest BCUT2D eigenvalue weighted by Crippen LogP contribution is -2.74. The maximum absolute atomic E-state index is 13.6. The van der Waals surface area contributed by atoms with Gasteiger partial charge in [-0.2, -0.15) is 0 Å². The van der Waals surface area contributed by atoms with Crippen LogP contribution >= 0.6 is 0 Å². The Kier molecular flexibility index (Phi) is 4.61. The van der Waals surface area contributed by atoms with Crippen molar-refractivity contribution in [1.82, 2.24) is 4.31 Å². The third-order valence-corrected chi connectivity index (χ3v) is 7.71. The Morgan fingerprint density at radius 3 is 2.50 bits per heavy atom. The predicted octanol–water partition coefficient (Wildman–Crippen LogP) is 2.23. The summed E-state index contributed by atoms with van der Waals surface area (Å²) < 4.78 is 45.6. The Labute approximate surface area is 143 Å². The van der Waals surface area contributed by atoms with Gasteiger partial charge in [0.05, 0.1) is 16.9 Å². The number of nitrogens with zero attached hydrogens (tertiary/aromatic N) is 2. The van der Waals surface area contributed by atoms with E-state index in [2.05, 4.69) is 4.90 Å². The second kappa shape index (κ2) is 6.28. The van der Waals surface area contributed by atoms with Crippen molar-refractivity contribution in [3.63, 3.8) is 0 Å². The molecule has 0 N–H and O–H groups in total. The summed E-state index contributed by atoms with van der Waals surface area (Å²) in [6, 6.07) is 6.57. The molecular formula is C17H25FN2O3S. The molecule has 0 radical (unpaired) electrons.